The zero-order valence-corrected chi connectivity index (χ0v) is 17.5. The molecule has 1 atom stereocenters. The van der Waals surface area contributed by atoms with Crippen LogP contribution in [0.5, 0.6) is 0 Å². The topological polar surface area (TPSA) is 125 Å². The van der Waals surface area contributed by atoms with Gasteiger partial charge >= 0.3 is 12.1 Å². The van der Waals surface area contributed by atoms with Gasteiger partial charge in [0.25, 0.3) is 0 Å². The highest BCUT2D eigenvalue weighted by Crippen LogP contribution is 2.46. The van der Waals surface area contributed by atoms with Crippen LogP contribution in [-0.4, -0.2) is 54.0 Å². The fourth-order valence-corrected chi connectivity index (χ4v) is 4.20. The molecule has 4 N–H and O–H groups in total. The first-order chi connectivity index (χ1) is 15.4. The number of nitrogens with one attached hydrogen (secondary N) is 2. The summed E-state index contributed by atoms with van der Waals surface area (Å²) in [5.41, 5.74) is 3.82. The number of aliphatic hydroxyl groups is 1. The number of benzene rings is 2. The predicted octanol–water partition coefficient (Wildman–Crippen LogP) is 2.26. The van der Waals surface area contributed by atoms with E-state index in [0.29, 0.717) is 12.8 Å². The first-order valence-corrected chi connectivity index (χ1v) is 10.7. The van der Waals surface area contributed by atoms with Crippen molar-refractivity contribution >= 4 is 18.0 Å². The number of amides is 2. The number of rotatable bonds is 9. The summed E-state index contributed by atoms with van der Waals surface area (Å²) >= 11 is 0. The monoisotopic (exact) mass is 438 g/mol. The molecular formula is C24H26N2O6. The van der Waals surface area contributed by atoms with Crippen LogP contribution in [0.2, 0.25) is 0 Å². The van der Waals surface area contributed by atoms with E-state index in [4.69, 9.17) is 9.84 Å². The quantitative estimate of drug-likeness (QED) is 0.476. The van der Waals surface area contributed by atoms with Crippen LogP contribution in [-0.2, 0) is 14.3 Å². The molecule has 168 valence electrons. The standard InChI is InChI=1S/C24H26N2O6/c27-15(11-21(28)29)12-25-22(30)24(9-10-24)14-26-23(31)32-13-20-18-7-3-1-5-16(18)17-6-2-4-8-19(17)20/h1-8,15,20,27H,9-14H2,(H,25,30)(H,26,31)(H,28,29). The number of aliphatic hydroxyl groups excluding tert-OH is 1. The molecule has 2 aromatic rings. The largest absolute Gasteiger partial charge is 0.481 e. The molecule has 0 aromatic heterocycles. The van der Waals surface area contributed by atoms with Gasteiger partial charge in [0.15, 0.2) is 0 Å². The Labute approximate surface area is 185 Å². The minimum Gasteiger partial charge on any atom is -0.481 e. The lowest BCUT2D eigenvalue weighted by molar-refractivity contribution is -0.139. The molecule has 0 bridgehead atoms. The van der Waals surface area contributed by atoms with Gasteiger partial charge in [-0.05, 0) is 35.1 Å². The van der Waals surface area contributed by atoms with Crippen LogP contribution in [0.3, 0.4) is 0 Å². The summed E-state index contributed by atoms with van der Waals surface area (Å²) in [7, 11) is 0. The van der Waals surface area contributed by atoms with E-state index in [9.17, 15) is 19.5 Å². The molecule has 0 saturated heterocycles. The number of fused-ring (bicyclic) bond motifs is 3. The Morgan fingerprint density at radius 3 is 2.16 bits per heavy atom. The van der Waals surface area contributed by atoms with Crippen molar-refractivity contribution < 1.29 is 29.3 Å². The van der Waals surface area contributed by atoms with Gasteiger partial charge in [-0.25, -0.2) is 4.79 Å². The zero-order chi connectivity index (χ0) is 22.7. The second kappa shape index (κ2) is 9.00. The fourth-order valence-electron chi connectivity index (χ4n) is 4.20. The Morgan fingerprint density at radius 1 is 1.00 bits per heavy atom. The summed E-state index contributed by atoms with van der Waals surface area (Å²) in [6, 6.07) is 16.2. The van der Waals surface area contributed by atoms with Crippen LogP contribution < -0.4 is 10.6 Å². The van der Waals surface area contributed by atoms with Crippen molar-refractivity contribution in [2.24, 2.45) is 5.41 Å². The second-order valence-corrected chi connectivity index (χ2v) is 8.42. The molecule has 1 fully saturated rings. The van der Waals surface area contributed by atoms with Gasteiger partial charge in [0, 0.05) is 19.0 Å². The van der Waals surface area contributed by atoms with Crippen molar-refractivity contribution in [3.63, 3.8) is 0 Å². The molecular weight excluding hydrogens is 412 g/mol. The highest BCUT2D eigenvalue weighted by atomic mass is 16.5. The van der Waals surface area contributed by atoms with Gasteiger partial charge in [-0.1, -0.05) is 48.5 Å². The molecule has 0 spiro atoms. The Kier molecular flexibility index (Phi) is 6.14. The highest BCUT2D eigenvalue weighted by molar-refractivity contribution is 5.86. The summed E-state index contributed by atoms with van der Waals surface area (Å²) in [4.78, 5) is 35.3. The zero-order valence-electron chi connectivity index (χ0n) is 17.5. The van der Waals surface area contributed by atoms with Gasteiger partial charge in [-0.15, -0.1) is 0 Å². The normalized spacial score (nSPS) is 16.4. The van der Waals surface area contributed by atoms with Gasteiger partial charge in [-0.3, -0.25) is 9.59 Å². The van der Waals surface area contributed by atoms with Crippen LogP contribution in [0.15, 0.2) is 48.5 Å². The van der Waals surface area contributed by atoms with Crippen molar-refractivity contribution in [2.45, 2.75) is 31.3 Å². The lowest BCUT2D eigenvalue weighted by Gasteiger charge is -2.18. The van der Waals surface area contributed by atoms with Crippen LogP contribution >= 0.6 is 0 Å². The number of hydrogen-bond donors (Lipinski definition) is 4. The molecule has 2 aromatic carbocycles. The third kappa shape index (κ3) is 4.60. The van der Waals surface area contributed by atoms with E-state index in [2.05, 4.69) is 22.8 Å². The number of carboxylic acid groups (broad SMARTS) is 1. The van der Waals surface area contributed by atoms with E-state index in [-0.39, 0.29) is 31.5 Å². The van der Waals surface area contributed by atoms with Crippen LogP contribution in [0.25, 0.3) is 11.1 Å². The summed E-state index contributed by atoms with van der Waals surface area (Å²) in [5.74, 6) is -1.48. The Morgan fingerprint density at radius 2 is 1.59 bits per heavy atom. The first kappa shape index (κ1) is 21.8. The molecule has 0 radical (unpaired) electrons. The molecule has 8 heteroatoms. The highest BCUT2D eigenvalue weighted by Gasteiger charge is 2.50. The third-order valence-corrected chi connectivity index (χ3v) is 6.16. The fraction of sp³-hybridized carbons (Fsp3) is 0.375. The average Bonchev–Trinajstić information content (AvgIpc) is 3.51. The molecule has 32 heavy (non-hydrogen) atoms. The lowest BCUT2D eigenvalue weighted by atomic mass is 9.98. The van der Waals surface area contributed by atoms with Crippen LogP contribution in [0, 0.1) is 5.41 Å². The minimum absolute atomic E-state index is 0.0398. The molecule has 2 amide bonds. The maximum absolute atomic E-state index is 12.4. The van der Waals surface area contributed by atoms with E-state index in [1.165, 1.54) is 0 Å². The summed E-state index contributed by atoms with van der Waals surface area (Å²) < 4.78 is 5.50. The number of carbonyl (C=O) groups is 3. The smallest absolute Gasteiger partial charge is 0.407 e. The maximum Gasteiger partial charge on any atom is 0.407 e. The van der Waals surface area contributed by atoms with Gasteiger partial charge in [0.2, 0.25) is 5.91 Å². The van der Waals surface area contributed by atoms with E-state index in [0.717, 1.165) is 22.3 Å². The summed E-state index contributed by atoms with van der Waals surface area (Å²) in [6.07, 6.45) is -0.959. The molecule has 8 nitrogen and oxygen atoms in total. The Bertz CT molecular complexity index is 987. The third-order valence-electron chi connectivity index (χ3n) is 6.16. The van der Waals surface area contributed by atoms with Crippen molar-refractivity contribution in [3.8, 4) is 11.1 Å². The van der Waals surface area contributed by atoms with E-state index >= 15 is 0 Å². The second-order valence-electron chi connectivity index (χ2n) is 8.42. The van der Waals surface area contributed by atoms with Gasteiger partial charge in [-0.2, -0.15) is 0 Å². The Hall–Kier alpha value is -3.39. The van der Waals surface area contributed by atoms with Gasteiger partial charge in [0.1, 0.15) is 6.61 Å². The average molecular weight is 438 g/mol. The predicted molar refractivity (Wildman–Crippen MR) is 116 cm³/mol. The summed E-state index contributed by atoms with van der Waals surface area (Å²) in [5, 5.41) is 23.5. The van der Waals surface area contributed by atoms with Gasteiger partial charge < -0.3 is 25.6 Å². The SMILES string of the molecule is O=C(O)CC(O)CNC(=O)C1(CNC(=O)OCC2c3ccccc3-c3ccccc32)CC1. The molecule has 0 heterocycles. The summed E-state index contributed by atoms with van der Waals surface area (Å²) in [6.45, 7) is 0.183. The molecule has 1 saturated carbocycles. The maximum atomic E-state index is 12.4. The first-order valence-electron chi connectivity index (χ1n) is 10.7. The van der Waals surface area contributed by atoms with E-state index in [1.54, 1.807) is 0 Å². The minimum atomic E-state index is -1.15. The van der Waals surface area contributed by atoms with Gasteiger partial charge in [0.05, 0.1) is 17.9 Å². The number of hydrogen-bond acceptors (Lipinski definition) is 5. The number of carboxylic acids is 1. The van der Waals surface area contributed by atoms with Crippen molar-refractivity contribution in [2.75, 3.05) is 19.7 Å². The molecule has 1 unspecified atom stereocenters. The number of ether oxygens (including phenoxy) is 1. The molecule has 4 rings (SSSR count). The van der Waals surface area contributed by atoms with Crippen molar-refractivity contribution in [3.05, 3.63) is 59.7 Å². The van der Waals surface area contributed by atoms with Crippen molar-refractivity contribution in [1.82, 2.24) is 10.6 Å². The lowest BCUT2D eigenvalue weighted by Crippen LogP contribution is -2.43. The molecule has 2 aliphatic carbocycles. The van der Waals surface area contributed by atoms with Crippen LogP contribution in [0.1, 0.15) is 36.3 Å². The van der Waals surface area contributed by atoms with Crippen molar-refractivity contribution in [1.29, 1.82) is 0 Å². The Balaban J connectivity index is 1.28. The van der Waals surface area contributed by atoms with E-state index in [1.807, 2.05) is 36.4 Å². The molecule has 0 aliphatic heterocycles. The number of alkyl carbamates (subject to hydrolysis) is 1. The van der Waals surface area contributed by atoms with E-state index < -0.39 is 30.0 Å². The van der Waals surface area contributed by atoms with Crippen LogP contribution in [0.4, 0.5) is 4.79 Å². The molecule has 2 aliphatic rings. The number of aliphatic carboxylic acids is 1. The number of carbonyl (C=O) groups excluding carboxylic acids is 2.